The molecule has 0 saturated heterocycles. The Morgan fingerprint density at radius 1 is 1.11 bits per heavy atom. The minimum atomic E-state index is -0.850. The lowest BCUT2D eigenvalue weighted by Gasteiger charge is -2.16. The molecular weight excluding hydrogens is 466 g/mol. The van der Waals surface area contributed by atoms with Crippen molar-refractivity contribution in [1.82, 2.24) is 4.57 Å². The van der Waals surface area contributed by atoms with Crippen molar-refractivity contribution >= 4 is 23.6 Å². The summed E-state index contributed by atoms with van der Waals surface area (Å²) in [6.07, 6.45) is 1.49. The van der Waals surface area contributed by atoms with Gasteiger partial charge in [-0.05, 0) is 86.7 Å². The van der Waals surface area contributed by atoms with Gasteiger partial charge in [0.05, 0.1) is 6.61 Å². The highest BCUT2D eigenvalue weighted by Crippen LogP contribution is 2.27. The molecule has 37 heavy (non-hydrogen) atoms. The van der Waals surface area contributed by atoms with Crippen molar-refractivity contribution < 1.29 is 19.1 Å². The standard InChI is InChI=1S/C30H33N3O4/c1-7-36-26-13-11-25(12-14-26)33-21(5)15-23(22(33)6)16-24(17-31)30(35)37-18-28(34)32-29-20(4)9-8-10-27(29)19(2)3/h8-16,19H,7,18H2,1-6H3,(H,32,34)/b24-16+. The maximum Gasteiger partial charge on any atom is 0.349 e. The van der Waals surface area contributed by atoms with E-state index >= 15 is 0 Å². The Morgan fingerprint density at radius 2 is 1.81 bits per heavy atom. The first-order valence-corrected chi connectivity index (χ1v) is 12.3. The molecule has 3 rings (SSSR count). The third-order valence-electron chi connectivity index (χ3n) is 6.04. The number of benzene rings is 2. The van der Waals surface area contributed by atoms with E-state index in [0.29, 0.717) is 12.2 Å². The number of hydrogen-bond acceptors (Lipinski definition) is 5. The first-order valence-electron chi connectivity index (χ1n) is 12.3. The predicted octanol–water partition coefficient (Wildman–Crippen LogP) is 6.01. The molecule has 0 aliphatic rings. The minimum Gasteiger partial charge on any atom is -0.494 e. The Hall–Kier alpha value is -4.31. The van der Waals surface area contributed by atoms with Crippen LogP contribution in [-0.2, 0) is 14.3 Å². The van der Waals surface area contributed by atoms with Crippen LogP contribution in [-0.4, -0.2) is 29.7 Å². The average molecular weight is 500 g/mol. The van der Waals surface area contributed by atoms with Crippen molar-refractivity contribution in [2.75, 3.05) is 18.5 Å². The van der Waals surface area contributed by atoms with Gasteiger partial charge >= 0.3 is 5.97 Å². The third-order valence-corrected chi connectivity index (χ3v) is 6.04. The summed E-state index contributed by atoms with van der Waals surface area (Å²) >= 11 is 0. The van der Waals surface area contributed by atoms with Gasteiger partial charge < -0.3 is 19.4 Å². The molecule has 3 aromatic rings. The Labute approximate surface area is 218 Å². The molecule has 0 bridgehead atoms. The maximum absolute atomic E-state index is 12.6. The highest BCUT2D eigenvalue weighted by Gasteiger charge is 2.18. The van der Waals surface area contributed by atoms with Gasteiger partial charge in [-0.25, -0.2) is 4.79 Å². The Balaban J connectivity index is 1.73. The number of aromatic nitrogens is 1. The van der Waals surface area contributed by atoms with Gasteiger partial charge in [-0.15, -0.1) is 0 Å². The first-order chi connectivity index (χ1) is 17.7. The summed E-state index contributed by atoms with van der Waals surface area (Å²) in [6.45, 7) is 11.9. The molecule has 1 aromatic heterocycles. The van der Waals surface area contributed by atoms with Crippen molar-refractivity contribution in [2.24, 2.45) is 0 Å². The minimum absolute atomic E-state index is 0.182. The zero-order chi connectivity index (χ0) is 27.1. The van der Waals surface area contributed by atoms with Gasteiger partial charge in [0.25, 0.3) is 5.91 Å². The number of nitriles is 1. The molecule has 0 radical (unpaired) electrons. The van der Waals surface area contributed by atoms with Crippen LogP contribution in [0.15, 0.2) is 54.1 Å². The van der Waals surface area contributed by atoms with Crippen molar-refractivity contribution in [3.63, 3.8) is 0 Å². The van der Waals surface area contributed by atoms with E-state index in [1.807, 2.05) is 101 Å². The Bertz CT molecular complexity index is 1360. The second-order valence-corrected chi connectivity index (χ2v) is 9.08. The van der Waals surface area contributed by atoms with Crippen LogP contribution in [0.5, 0.6) is 5.75 Å². The van der Waals surface area contributed by atoms with Crippen LogP contribution in [0.1, 0.15) is 54.8 Å². The number of nitrogens with one attached hydrogen (secondary N) is 1. The van der Waals surface area contributed by atoms with Gasteiger partial charge in [0, 0.05) is 22.8 Å². The molecule has 1 amide bonds. The van der Waals surface area contributed by atoms with Crippen LogP contribution < -0.4 is 10.1 Å². The van der Waals surface area contributed by atoms with E-state index in [4.69, 9.17) is 9.47 Å². The molecule has 0 unspecified atom stereocenters. The fraction of sp³-hybridized carbons (Fsp3) is 0.300. The van der Waals surface area contributed by atoms with Gasteiger partial charge in [-0.3, -0.25) is 4.79 Å². The number of anilines is 1. The summed E-state index contributed by atoms with van der Waals surface area (Å²) in [6, 6.07) is 17.3. The fourth-order valence-corrected chi connectivity index (χ4v) is 4.21. The van der Waals surface area contributed by atoms with Gasteiger partial charge in [0.1, 0.15) is 17.4 Å². The molecule has 7 heteroatoms. The summed E-state index contributed by atoms with van der Waals surface area (Å²) in [5.74, 6) is -0.310. The topological polar surface area (TPSA) is 93.3 Å². The van der Waals surface area contributed by atoms with Gasteiger partial charge in [0.15, 0.2) is 6.61 Å². The third kappa shape index (κ3) is 6.47. The lowest BCUT2D eigenvalue weighted by molar-refractivity contribution is -0.142. The number of amides is 1. The van der Waals surface area contributed by atoms with Crippen LogP contribution in [0.2, 0.25) is 0 Å². The second kappa shape index (κ2) is 12.1. The molecule has 192 valence electrons. The number of para-hydroxylation sites is 1. The number of ether oxygens (including phenoxy) is 2. The monoisotopic (exact) mass is 499 g/mol. The SMILES string of the molecule is CCOc1ccc(-n2c(C)cc(/C=C(\C#N)C(=O)OCC(=O)Nc3c(C)cccc3C(C)C)c2C)cc1. The lowest BCUT2D eigenvalue weighted by Crippen LogP contribution is -2.22. The van der Waals surface area contributed by atoms with Gasteiger partial charge in [-0.2, -0.15) is 5.26 Å². The highest BCUT2D eigenvalue weighted by molar-refractivity contribution is 6.00. The fourth-order valence-electron chi connectivity index (χ4n) is 4.21. The van der Waals surface area contributed by atoms with Crippen LogP contribution in [0, 0.1) is 32.1 Å². The zero-order valence-corrected chi connectivity index (χ0v) is 22.2. The second-order valence-electron chi connectivity index (χ2n) is 9.08. The van der Waals surface area contributed by atoms with E-state index in [-0.39, 0.29) is 11.5 Å². The van der Waals surface area contributed by atoms with E-state index in [0.717, 1.165) is 39.6 Å². The summed E-state index contributed by atoms with van der Waals surface area (Å²) in [7, 11) is 0. The maximum atomic E-state index is 12.6. The van der Waals surface area contributed by atoms with Crippen LogP contribution in [0.3, 0.4) is 0 Å². The number of carbonyl (C=O) groups is 2. The normalized spacial score (nSPS) is 11.2. The van der Waals surface area contributed by atoms with E-state index in [9.17, 15) is 14.9 Å². The molecule has 0 atom stereocenters. The Morgan fingerprint density at radius 3 is 2.43 bits per heavy atom. The van der Waals surface area contributed by atoms with E-state index < -0.39 is 18.5 Å². The van der Waals surface area contributed by atoms with Crippen molar-refractivity contribution in [3.05, 3.63) is 82.2 Å². The summed E-state index contributed by atoms with van der Waals surface area (Å²) < 4.78 is 12.7. The quantitative estimate of drug-likeness (QED) is 0.221. The predicted molar refractivity (Wildman–Crippen MR) is 145 cm³/mol. The van der Waals surface area contributed by atoms with E-state index in [2.05, 4.69) is 5.32 Å². The number of carbonyl (C=O) groups excluding carboxylic acids is 2. The first kappa shape index (κ1) is 27.3. The summed E-state index contributed by atoms with van der Waals surface area (Å²) in [4.78, 5) is 25.2. The van der Waals surface area contributed by atoms with Crippen molar-refractivity contribution in [1.29, 1.82) is 5.26 Å². The Kier molecular flexibility index (Phi) is 8.91. The van der Waals surface area contributed by atoms with Crippen LogP contribution in [0.25, 0.3) is 11.8 Å². The van der Waals surface area contributed by atoms with E-state index in [1.54, 1.807) is 0 Å². The largest absolute Gasteiger partial charge is 0.494 e. The van der Waals surface area contributed by atoms with Crippen LogP contribution in [0.4, 0.5) is 5.69 Å². The van der Waals surface area contributed by atoms with Crippen molar-refractivity contribution in [3.8, 4) is 17.5 Å². The van der Waals surface area contributed by atoms with Crippen molar-refractivity contribution in [2.45, 2.75) is 47.5 Å². The molecule has 1 heterocycles. The zero-order valence-electron chi connectivity index (χ0n) is 22.2. The molecule has 0 fully saturated rings. The van der Waals surface area contributed by atoms with Gasteiger partial charge in [0.2, 0.25) is 0 Å². The number of hydrogen-bond donors (Lipinski definition) is 1. The smallest absolute Gasteiger partial charge is 0.349 e. The highest BCUT2D eigenvalue weighted by atomic mass is 16.5. The summed E-state index contributed by atoms with van der Waals surface area (Å²) in [5.41, 5.74) is 5.91. The van der Waals surface area contributed by atoms with Gasteiger partial charge in [-0.1, -0.05) is 32.0 Å². The number of aryl methyl sites for hydroxylation is 2. The average Bonchev–Trinajstić information content (AvgIpc) is 3.15. The number of esters is 1. The molecule has 1 N–H and O–H groups in total. The lowest BCUT2D eigenvalue weighted by atomic mass is 9.98. The number of nitrogens with zero attached hydrogens (tertiary/aromatic N) is 2. The molecule has 0 aliphatic heterocycles. The summed E-state index contributed by atoms with van der Waals surface area (Å²) in [5, 5.41) is 12.5. The molecule has 0 spiro atoms. The molecule has 7 nitrogen and oxygen atoms in total. The molecule has 2 aromatic carbocycles. The van der Waals surface area contributed by atoms with E-state index in [1.165, 1.54) is 6.08 Å². The number of rotatable bonds is 9. The molecule has 0 aliphatic carbocycles. The molecular formula is C30H33N3O4. The van der Waals surface area contributed by atoms with Crippen LogP contribution >= 0.6 is 0 Å². The molecule has 0 saturated carbocycles.